The van der Waals surface area contributed by atoms with Crippen molar-refractivity contribution in [2.45, 2.75) is 11.9 Å². The first-order chi connectivity index (χ1) is 13.9. The lowest BCUT2D eigenvalue weighted by atomic mass is 10.3. The van der Waals surface area contributed by atoms with Crippen LogP contribution in [0.3, 0.4) is 0 Å². The van der Waals surface area contributed by atoms with E-state index in [1.165, 1.54) is 11.8 Å². The largest absolute Gasteiger partial charge is 0.616 e. The number of anilines is 2. The number of hydrogen-bond donors (Lipinski definition) is 0. The first-order valence-corrected chi connectivity index (χ1v) is 12.0. The second kappa shape index (κ2) is 9.67. The minimum atomic E-state index is -0.899. The Morgan fingerprint density at radius 1 is 1.17 bits per heavy atom. The monoisotopic (exact) mass is 444 g/mol. The highest BCUT2D eigenvalue weighted by atomic mass is 32.2. The van der Waals surface area contributed by atoms with Crippen LogP contribution in [0.1, 0.15) is 6.92 Å². The fourth-order valence-corrected chi connectivity index (χ4v) is 4.81. The molecule has 0 unspecified atom stereocenters. The molecule has 3 heterocycles. The summed E-state index contributed by atoms with van der Waals surface area (Å²) < 4.78 is 16.7. The Bertz CT molecular complexity index is 754. The third-order valence-corrected chi connectivity index (χ3v) is 6.71. The van der Waals surface area contributed by atoms with Crippen LogP contribution in [-0.2, 0) is 15.9 Å². The van der Waals surface area contributed by atoms with Crippen LogP contribution < -0.4 is 9.80 Å². The SMILES string of the molecule is CCOC(=O)N1CCN(c2nc(SC)c([N+](=O)[O-])c(N3CC[S+]([O-])CC3)n2)CC1. The van der Waals surface area contributed by atoms with E-state index in [1.54, 1.807) is 18.1 Å². The van der Waals surface area contributed by atoms with Gasteiger partial charge in [-0.3, -0.25) is 10.1 Å². The number of ether oxygens (including phenoxy) is 1. The Morgan fingerprint density at radius 2 is 1.83 bits per heavy atom. The van der Waals surface area contributed by atoms with Crippen molar-refractivity contribution < 1.29 is 19.0 Å². The highest BCUT2D eigenvalue weighted by Gasteiger charge is 2.33. The molecular formula is C16H24N6O5S2. The van der Waals surface area contributed by atoms with Crippen LogP contribution >= 0.6 is 11.8 Å². The molecule has 1 aromatic rings. The van der Waals surface area contributed by atoms with Crippen LogP contribution in [0.15, 0.2) is 5.03 Å². The molecule has 0 bridgehead atoms. The van der Waals surface area contributed by atoms with Gasteiger partial charge in [-0.25, -0.2) is 4.79 Å². The maximum Gasteiger partial charge on any atom is 0.409 e. The molecule has 0 saturated carbocycles. The second-order valence-corrected chi connectivity index (χ2v) is 8.96. The lowest BCUT2D eigenvalue weighted by Crippen LogP contribution is -2.49. The van der Waals surface area contributed by atoms with Crippen molar-refractivity contribution in [3.63, 3.8) is 0 Å². The van der Waals surface area contributed by atoms with Gasteiger partial charge in [-0.2, -0.15) is 9.97 Å². The summed E-state index contributed by atoms with van der Waals surface area (Å²) in [4.78, 5) is 37.5. The van der Waals surface area contributed by atoms with E-state index in [4.69, 9.17) is 4.74 Å². The van der Waals surface area contributed by atoms with E-state index in [0.29, 0.717) is 68.4 Å². The first-order valence-electron chi connectivity index (χ1n) is 9.31. The summed E-state index contributed by atoms with van der Waals surface area (Å²) in [6.45, 7) is 4.94. The van der Waals surface area contributed by atoms with Crippen molar-refractivity contribution in [3.05, 3.63) is 10.1 Å². The Balaban J connectivity index is 1.85. The van der Waals surface area contributed by atoms with Gasteiger partial charge in [-0.15, -0.1) is 11.8 Å². The van der Waals surface area contributed by atoms with Gasteiger partial charge in [-0.05, 0) is 13.2 Å². The van der Waals surface area contributed by atoms with Gasteiger partial charge in [0.25, 0.3) is 0 Å². The van der Waals surface area contributed by atoms with E-state index in [1.807, 2.05) is 9.80 Å². The second-order valence-electron chi connectivity index (χ2n) is 6.47. The zero-order valence-corrected chi connectivity index (χ0v) is 18.0. The molecule has 0 aromatic carbocycles. The van der Waals surface area contributed by atoms with E-state index in [9.17, 15) is 19.5 Å². The zero-order chi connectivity index (χ0) is 21.0. The molecule has 11 nitrogen and oxygen atoms in total. The molecule has 3 rings (SSSR count). The third kappa shape index (κ3) is 4.95. The summed E-state index contributed by atoms with van der Waals surface area (Å²) in [5.74, 6) is 1.60. The summed E-state index contributed by atoms with van der Waals surface area (Å²) in [6.07, 6.45) is 1.40. The molecule has 13 heteroatoms. The number of amides is 1. The lowest BCUT2D eigenvalue weighted by molar-refractivity contribution is -0.387. The molecule has 0 atom stereocenters. The maximum atomic E-state index is 11.9. The molecule has 160 valence electrons. The summed E-state index contributed by atoms with van der Waals surface area (Å²) in [6, 6.07) is 0. The minimum Gasteiger partial charge on any atom is -0.616 e. The van der Waals surface area contributed by atoms with Gasteiger partial charge in [0.15, 0.2) is 5.03 Å². The van der Waals surface area contributed by atoms with Crippen LogP contribution in [0.2, 0.25) is 0 Å². The van der Waals surface area contributed by atoms with Gasteiger partial charge in [0, 0.05) is 26.2 Å². The predicted octanol–water partition coefficient (Wildman–Crippen LogP) is 0.954. The van der Waals surface area contributed by atoms with Crippen LogP contribution in [-0.4, -0.2) is 94.1 Å². The standard InChI is InChI=1S/C16H24N6O5S2/c1-3-27-16(23)21-6-4-20(5-7-21)15-17-13(19-8-10-29(26)11-9-19)12(22(24)25)14(18-15)28-2/h3-11H2,1-2H3. The molecule has 2 aliphatic heterocycles. The van der Waals surface area contributed by atoms with Crippen molar-refractivity contribution in [2.24, 2.45) is 0 Å². The Labute approximate surface area is 176 Å². The van der Waals surface area contributed by atoms with Gasteiger partial charge in [0.2, 0.25) is 11.8 Å². The number of aromatic nitrogens is 2. The molecule has 0 aliphatic carbocycles. The molecule has 29 heavy (non-hydrogen) atoms. The van der Waals surface area contributed by atoms with Gasteiger partial charge >= 0.3 is 11.8 Å². The van der Waals surface area contributed by atoms with E-state index >= 15 is 0 Å². The molecule has 0 spiro atoms. The van der Waals surface area contributed by atoms with Crippen LogP contribution in [0, 0.1) is 10.1 Å². The fraction of sp³-hybridized carbons (Fsp3) is 0.688. The zero-order valence-electron chi connectivity index (χ0n) is 16.4. The third-order valence-electron chi connectivity index (χ3n) is 4.76. The fourth-order valence-electron chi connectivity index (χ4n) is 3.23. The van der Waals surface area contributed by atoms with Crippen molar-refractivity contribution >= 4 is 46.5 Å². The Kier molecular flexibility index (Phi) is 7.24. The smallest absolute Gasteiger partial charge is 0.409 e. The van der Waals surface area contributed by atoms with E-state index < -0.39 is 16.1 Å². The lowest BCUT2D eigenvalue weighted by Gasteiger charge is -2.35. The average molecular weight is 445 g/mol. The van der Waals surface area contributed by atoms with Crippen LogP contribution in [0.5, 0.6) is 0 Å². The van der Waals surface area contributed by atoms with E-state index in [-0.39, 0.29) is 17.6 Å². The first kappa shape index (κ1) is 21.7. The number of nitro groups is 1. The van der Waals surface area contributed by atoms with Crippen molar-refractivity contribution in [1.29, 1.82) is 0 Å². The predicted molar refractivity (Wildman–Crippen MR) is 111 cm³/mol. The minimum absolute atomic E-state index is 0.112. The Morgan fingerprint density at radius 3 is 2.38 bits per heavy atom. The summed E-state index contributed by atoms with van der Waals surface area (Å²) >= 11 is 0.303. The van der Waals surface area contributed by atoms with Crippen molar-refractivity contribution in [3.8, 4) is 0 Å². The molecule has 2 saturated heterocycles. The molecule has 1 aromatic heterocycles. The van der Waals surface area contributed by atoms with Crippen LogP contribution in [0.4, 0.5) is 22.2 Å². The van der Waals surface area contributed by atoms with Crippen LogP contribution in [0.25, 0.3) is 0 Å². The number of carbonyl (C=O) groups is 1. The molecule has 2 fully saturated rings. The average Bonchev–Trinajstić information content (AvgIpc) is 2.73. The van der Waals surface area contributed by atoms with Gasteiger partial charge < -0.3 is 24.0 Å². The number of rotatable bonds is 5. The van der Waals surface area contributed by atoms with Crippen molar-refractivity contribution in [1.82, 2.24) is 14.9 Å². The topological polar surface area (TPSA) is 128 Å². The molecule has 1 amide bonds. The number of thioether (sulfide) groups is 1. The van der Waals surface area contributed by atoms with E-state index in [2.05, 4.69) is 9.97 Å². The quantitative estimate of drug-likeness (QED) is 0.213. The van der Waals surface area contributed by atoms with Gasteiger partial charge in [0.1, 0.15) is 11.5 Å². The molecule has 2 aliphatic rings. The van der Waals surface area contributed by atoms with Gasteiger partial charge in [0.05, 0.1) is 24.6 Å². The van der Waals surface area contributed by atoms with Gasteiger partial charge in [-0.1, -0.05) is 11.2 Å². The van der Waals surface area contributed by atoms with E-state index in [0.717, 1.165) is 0 Å². The normalized spacial score (nSPS) is 18.1. The summed E-state index contributed by atoms with van der Waals surface area (Å²) in [7, 11) is 0. The number of piperazine rings is 1. The Hall–Kier alpha value is -1.99. The summed E-state index contributed by atoms with van der Waals surface area (Å²) in [5, 5.41) is 12.0. The maximum absolute atomic E-state index is 11.9. The molecular weight excluding hydrogens is 420 g/mol. The van der Waals surface area contributed by atoms with Crippen molar-refractivity contribution in [2.75, 3.05) is 73.4 Å². The highest BCUT2D eigenvalue weighted by Crippen LogP contribution is 2.36. The molecule has 0 N–H and O–H groups in total. The number of nitrogens with zero attached hydrogens (tertiary/aromatic N) is 6. The number of hydrogen-bond acceptors (Lipinski definition) is 10. The highest BCUT2D eigenvalue weighted by molar-refractivity contribution is 7.98. The summed E-state index contributed by atoms with van der Waals surface area (Å²) in [5.41, 5.74) is -0.112. The molecule has 0 radical (unpaired) electrons. The number of carbonyl (C=O) groups excluding carboxylic acids is 1.